The molecule has 190 valence electrons. The summed E-state index contributed by atoms with van der Waals surface area (Å²) in [7, 11) is 5.42. The molecular formula is C26H25N4O7+. The maximum absolute atomic E-state index is 11.9. The predicted molar refractivity (Wildman–Crippen MR) is 132 cm³/mol. The third-order valence-electron chi connectivity index (χ3n) is 5.25. The number of urea groups is 2. The molecule has 3 aliphatic rings. The van der Waals surface area contributed by atoms with Crippen LogP contribution in [0, 0.1) is 6.08 Å². The van der Waals surface area contributed by atoms with Crippen LogP contribution in [-0.2, 0) is 24.0 Å². The Morgan fingerprint density at radius 1 is 0.757 bits per heavy atom. The van der Waals surface area contributed by atoms with E-state index in [-0.39, 0.29) is 12.0 Å². The van der Waals surface area contributed by atoms with E-state index in [4.69, 9.17) is 0 Å². The van der Waals surface area contributed by atoms with Crippen LogP contribution < -0.4 is 0 Å². The Bertz CT molecular complexity index is 1200. The van der Waals surface area contributed by atoms with Gasteiger partial charge in [-0.15, -0.1) is 0 Å². The van der Waals surface area contributed by atoms with Gasteiger partial charge in [-0.25, -0.2) is 9.59 Å². The van der Waals surface area contributed by atoms with Crippen molar-refractivity contribution in [2.24, 2.45) is 0 Å². The Balaban J connectivity index is 0.000000215. The molecule has 0 bridgehead atoms. The lowest BCUT2D eigenvalue weighted by Crippen LogP contribution is -2.52. The number of benzene rings is 1. The fourth-order valence-electron chi connectivity index (χ4n) is 2.98. The second kappa shape index (κ2) is 12.6. The van der Waals surface area contributed by atoms with E-state index in [1.54, 1.807) is 36.4 Å². The average Bonchev–Trinajstić information content (AvgIpc) is 2.92. The Morgan fingerprint density at radius 2 is 1.27 bits per heavy atom. The van der Waals surface area contributed by atoms with Crippen molar-refractivity contribution in [1.82, 2.24) is 19.6 Å². The number of allylic oxidation sites excluding steroid dienone is 6. The molecule has 0 aromatic heterocycles. The summed E-state index contributed by atoms with van der Waals surface area (Å²) in [5.74, 6) is -2.05. The SMILES string of the molecule is CN1C(=O)C(=Cc2ccccc2)C(=O)N(C)C1=O.CN1C(=O)CC(=O)N(C)C1=O.O=CC1=CC=C[C+]=C1. The molecule has 0 spiro atoms. The molecule has 0 radical (unpaired) electrons. The second-order valence-corrected chi connectivity index (χ2v) is 7.80. The zero-order valence-corrected chi connectivity index (χ0v) is 20.7. The first-order valence-electron chi connectivity index (χ1n) is 10.8. The van der Waals surface area contributed by atoms with Gasteiger partial charge in [0, 0.05) is 40.3 Å². The Morgan fingerprint density at radius 3 is 1.70 bits per heavy atom. The average molecular weight is 506 g/mol. The van der Waals surface area contributed by atoms with E-state index in [9.17, 15) is 33.6 Å². The molecule has 2 saturated heterocycles. The second-order valence-electron chi connectivity index (χ2n) is 7.80. The van der Waals surface area contributed by atoms with E-state index in [1.165, 1.54) is 34.3 Å². The minimum absolute atomic E-state index is 0.00852. The molecule has 2 heterocycles. The molecule has 1 aliphatic carbocycles. The highest BCUT2D eigenvalue weighted by Crippen LogP contribution is 2.17. The molecule has 11 nitrogen and oxygen atoms in total. The van der Waals surface area contributed by atoms with Crippen LogP contribution in [0.3, 0.4) is 0 Å². The molecule has 2 fully saturated rings. The molecule has 37 heavy (non-hydrogen) atoms. The van der Waals surface area contributed by atoms with Gasteiger partial charge in [0.2, 0.25) is 18.1 Å². The molecule has 0 atom stereocenters. The summed E-state index contributed by atoms with van der Waals surface area (Å²) in [4.78, 5) is 81.6. The molecule has 1 aromatic carbocycles. The summed E-state index contributed by atoms with van der Waals surface area (Å²) in [6.07, 6.45) is 11.8. The number of nitrogens with zero attached hydrogens (tertiary/aromatic N) is 4. The zero-order chi connectivity index (χ0) is 27.7. The van der Waals surface area contributed by atoms with Gasteiger partial charge in [0.1, 0.15) is 29.7 Å². The molecular weight excluding hydrogens is 480 g/mol. The molecule has 11 heteroatoms. The Hall–Kier alpha value is -5.02. The Kier molecular flexibility index (Phi) is 9.62. The molecule has 4 rings (SSSR count). The van der Waals surface area contributed by atoms with Crippen LogP contribution in [0.4, 0.5) is 9.59 Å². The summed E-state index contributed by atoms with van der Waals surface area (Å²) in [6, 6.07) is 7.84. The van der Waals surface area contributed by atoms with E-state index in [0.717, 1.165) is 31.4 Å². The van der Waals surface area contributed by atoms with Gasteiger partial charge in [0.05, 0.1) is 6.08 Å². The highest BCUT2D eigenvalue weighted by atomic mass is 16.2. The molecule has 0 saturated carbocycles. The number of hydrogen-bond donors (Lipinski definition) is 0. The van der Waals surface area contributed by atoms with Gasteiger partial charge >= 0.3 is 12.1 Å². The summed E-state index contributed by atoms with van der Waals surface area (Å²) in [6.45, 7) is 0. The van der Waals surface area contributed by atoms with Crippen molar-refractivity contribution in [3.8, 4) is 0 Å². The third-order valence-corrected chi connectivity index (χ3v) is 5.25. The quantitative estimate of drug-likeness (QED) is 0.196. The number of imide groups is 4. The van der Waals surface area contributed by atoms with E-state index < -0.39 is 35.7 Å². The number of likely N-dealkylation sites (N-methyl/N-ethyl adjacent to an activating group) is 2. The van der Waals surface area contributed by atoms with Gasteiger partial charge < -0.3 is 0 Å². The molecule has 2 aliphatic heterocycles. The first kappa shape index (κ1) is 28.2. The lowest BCUT2D eigenvalue weighted by Gasteiger charge is -2.28. The van der Waals surface area contributed by atoms with Crippen LogP contribution in [-0.4, -0.2) is 89.8 Å². The lowest BCUT2D eigenvalue weighted by atomic mass is 10.1. The smallest absolute Gasteiger partial charge is 0.282 e. The monoisotopic (exact) mass is 505 g/mol. The number of hydrogen-bond acceptors (Lipinski definition) is 7. The topological polar surface area (TPSA) is 132 Å². The van der Waals surface area contributed by atoms with Crippen molar-refractivity contribution in [2.45, 2.75) is 6.42 Å². The van der Waals surface area contributed by atoms with Crippen molar-refractivity contribution in [3.05, 3.63) is 77.4 Å². The summed E-state index contributed by atoms with van der Waals surface area (Å²) < 4.78 is 0. The van der Waals surface area contributed by atoms with Gasteiger partial charge in [0.15, 0.2) is 0 Å². The van der Waals surface area contributed by atoms with Crippen LogP contribution in [0.5, 0.6) is 0 Å². The predicted octanol–water partition coefficient (Wildman–Crippen LogP) is 1.59. The molecule has 1 aromatic rings. The van der Waals surface area contributed by atoms with Crippen molar-refractivity contribution in [3.63, 3.8) is 0 Å². The third kappa shape index (κ3) is 7.00. The summed E-state index contributed by atoms with van der Waals surface area (Å²) in [5.41, 5.74) is 1.41. The molecule has 0 N–H and O–H groups in total. The minimum Gasteiger partial charge on any atom is -0.282 e. The minimum atomic E-state index is -0.616. The van der Waals surface area contributed by atoms with Crippen molar-refractivity contribution in [2.75, 3.05) is 28.2 Å². The summed E-state index contributed by atoms with van der Waals surface area (Å²) in [5, 5.41) is 0. The van der Waals surface area contributed by atoms with Gasteiger partial charge in [0.25, 0.3) is 11.8 Å². The van der Waals surface area contributed by atoms with Crippen LogP contribution in [0.1, 0.15) is 12.0 Å². The normalized spacial score (nSPS) is 17.0. The number of carbonyl (C=O) groups is 7. The fourth-order valence-corrected chi connectivity index (χ4v) is 2.98. The van der Waals surface area contributed by atoms with Crippen molar-refractivity contribution < 1.29 is 33.6 Å². The molecule has 0 unspecified atom stereocenters. The van der Waals surface area contributed by atoms with Crippen LogP contribution in [0.25, 0.3) is 6.08 Å². The summed E-state index contributed by atoms with van der Waals surface area (Å²) >= 11 is 0. The first-order valence-corrected chi connectivity index (χ1v) is 10.8. The van der Waals surface area contributed by atoms with Crippen LogP contribution in [0.2, 0.25) is 0 Å². The standard InChI is InChI=1S/C13H12N2O3.C7H5O.C6H8N2O3/c1-14-11(16)10(12(17)15(2)13(14)18)8-9-6-4-3-5-7-9;8-6-7-4-2-1-3-5-7;1-7-4(9)3-5(10)8(2)6(7)11/h3-8H,1-2H3;1-2,4-6H;3H2,1-2H3/q;+1;. The van der Waals surface area contributed by atoms with E-state index in [2.05, 4.69) is 6.08 Å². The highest BCUT2D eigenvalue weighted by molar-refractivity contribution is 6.30. The fraction of sp³-hybridized carbons (Fsp3) is 0.192. The van der Waals surface area contributed by atoms with Gasteiger partial charge in [-0.3, -0.25) is 43.6 Å². The van der Waals surface area contributed by atoms with Crippen molar-refractivity contribution >= 4 is 48.1 Å². The number of amides is 8. The Labute approximate surface area is 213 Å². The van der Waals surface area contributed by atoms with Gasteiger partial charge in [-0.2, -0.15) is 0 Å². The lowest BCUT2D eigenvalue weighted by molar-refractivity contribution is -0.141. The maximum atomic E-state index is 11.9. The first-order chi connectivity index (χ1) is 17.5. The number of rotatable bonds is 2. The van der Waals surface area contributed by atoms with E-state index in [0.29, 0.717) is 5.57 Å². The maximum Gasteiger partial charge on any atom is 0.333 e. The number of barbiturate groups is 2. The van der Waals surface area contributed by atoms with E-state index in [1.807, 2.05) is 18.2 Å². The van der Waals surface area contributed by atoms with Crippen molar-refractivity contribution in [1.29, 1.82) is 0 Å². The zero-order valence-electron chi connectivity index (χ0n) is 20.7. The number of carbonyl (C=O) groups excluding carboxylic acids is 7. The van der Waals surface area contributed by atoms with Crippen LogP contribution >= 0.6 is 0 Å². The molecule has 8 amide bonds. The van der Waals surface area contributed by atoms with Gasteiger partial charge in [-0.1, -0.05) is 30.3 Å². The number of aldehydes is 1. The van der Waals surface area contributed by atoms with Crippen LogP contribution in [0.15, 0.2) is 65.8 Å². The highest BCUT2D eigenvalue weighted by Gasteiger charge is 2.37. The van der Waals surface area contributed by atoms with E-state index >= 15 is 0 Å². The van der Waals surface area contributed by atoms with Gasteiger partial charge in [-0.05, 0) is 11.6 Å². The largest absolute Gasteiger partial charge is 0.333 e.